The average molecular weight is 342 g/mol. The van der Waals surface area contributed by atoms with Crippen molar-refractivity contribution in [3.8, 4) is 5.75 Å². The summed E-state index contributed by atoms with van der Waals surface area (Å²) in [5.41, 5.74) is 0.482. The first-order chi connectivity index (χ1) is 12.0. The Hall–Kier alpha value is -2.89. The average Bonchev–Trinajstić information content (AvgIpc) is 3.42. The highest BCUT2D eigenvalue weighted by Gasteiger charge is 2.56. The van der Waals surface area contributed by atoms with Crippen LogP contribution in [0.2, 0.25) is 0 Å². The Bertz CT molecular complexity index is 803. The lowest BCUT2D eigenvalue weighted by Crippen LogP contribution is -2.38. The molecule has 2 aromatic rings. The normalized spacial score (nSPS) is 14.5. The van der Waals surface area contributed by atoms with Crippen molar-refractivity contribution >= 4 is 17.5 Å². The molecular formula is C19H19FN2O3. The lowest BCUT2D eigenvalue weighted by Gasteiger charge is -2.14. The van der Waals surface area contributed by atoms with Gasteiger partial charge in [-0.15, -0.1) is 0 Å². The summed E-state index contributed by atoms with van der Waals surface area (Å²) in [4.78, 5) is 24.2. The van der Waals surface area contributed by atoms with Gasteiger partial charge in [0.15, 0.2) is 0 Å². The van der Waals surface area contributed by atoms with Crippen LogP contribution in [0.5, 0.6) is 5.75 Å². The first-order valence-corrected chi connectivity index (χ1v) is 8.04. The molecule has 0 aliphatic heterocycles. The third kappa shape index (κ3) is 3.79. The molecule has 2 amide bonds. The highest BCUT2D eigenvalue weighted by Crippen LogP contribution is 2.46. The summed E-state index contributed by atoms with van der Waals surface area (Å²) < 4.78 is 18.7. The van der Waals surface area contributed by atoms with Crippen molar-refractivity contribution in [1.29, 1.82) is 0 Å². The van der Waals surface area contributed by atoms with Gasteiger partial charge in [0, 0.05) is 18.8 Å². The fourth-order valence-corrected chi connectivity index (χ4v) is 2.63. The molecule has 0 unspecified atom stereocenters. The van der Waals surface area contributed by atoms with Crippen LogP contribution in [0.15, 0.2) is 48.5 Å². The Morgan fingerprint density at radius 2 is 1.88 bits per heavy atom. The van der Waals surface area contributed by atoms with Crippen LogP contribution in [-0.4, -0.2) is 18.9 Å². The zero-order valence-electron chi connectivity index (χ0n) is 13.8. The number of benzene rings is 2. The van der Waals surface area contributed by atoms with E-state index in [0.717, 1.165) is 5.56 Å². The number of ether oxygens (including phenoxy) is 1. The number of anilines is 1. The van der Waals surface area contributed by atoms with Crippen molar-refractivity contribution < 1.29 is 18.7 Å². The third-order valence-electron chi connectivity index (χ3n) is 4.23. The van der Waals surface area contributed by atoms with E-state index in [1.165, 1.54) is 19.2 Å². The Kier molecular flexibility index (Phi) is 4.70. The van der Waals surface area contributed by atoms with Crippen molar-refractivity contribution in [1.82, 2.24) is 5.32 Å². The topological polar surface area (TPSA) is 67.4 Å². The summed E-state index contributed by atoms with van der Waals surface area (Å²) in [6.07, 6.45) is 1.11. The maximum Gasteiger partial charge on any atom is 0.240 e. The van der Waals surface area contributed by atoms with Gasteiger partial charge in [-0.1, -0.05) is 18.2 Å². The number of halogens is 1. The lowest BCUT2D eigenvalue weighted by atomic mass is 10.1. The second kappa shape index (κ2) is 6.93. The first kappa shape index (κ1) is 17.0. The van der Waals surface area contributed by atoms with Crippen LogP contribution in [-0.2, 0) is 16.2 Å². The second-order valence-corrected chi connectivity index (χ2v) is 6.06. The Morgan fingerprint density at radius 3 is 2.56 bits per heavy atom. The van der Waals surface area contributed by atoms with E-state index in [9.17, 15) is 14.0 Å². The van der Waals surface area contributed by atoms with E-state index >= 15 is 0 Å². The number of hydrogen-bond acceptors (Lipinski definition) is 3. The summed E-state index contributed by atoms with van der Waals surface area (Å²) in [6.45, 7) is 0.244. The molecule has 1 saturated carbocycles. The molecule has 1 fully saturated rings. The van der Waals surface area contributed by atoms with E-state index in [2.05, 4.69) is 10.6 Å². The summed E-state index contributed by atoms with van der Waals surface area (Å²) in [6, 6.07) is 13.1. The van der Waals surface area contributed by atoms with Crippen LogP contribution in [0, 0.1) is 11.2 Å². The van der Waals surface area contributed by atoms with E-state index in [-0.39, 0.29) is 24.2 Å². The molecule has 0 radical (unpaired) electrons. The van der Waals surface area contributed by atoms with Crippen molar-refractivity contribution in [3.63, 3.8) is 0 Å². The molecular weight excluding hydrogens is 323 g/mol. The summed E-state index contributed by atoms with van der Waals surface area (Å²) in [5, 5.41) is 5.33. The largest absolute Gasteiger partial charge is 0.489 e. The maximum atomic E-state index is 13.2. The number of amides is 2. The van der Waals surface area contributed by atoms with Crippen molar-refractivity contribution in [3.05, 3.63) is 59.9 Å². The van der Waals surface area contributed by atoms with E-state index in [0.29, 0.717) is 24.3 Å². The predicted octanol–water partition coefficient (Wildman–Crippen LogP) is 2.87. The van der Waals surface area contributed by atoms with E-state index in [1.807, 2.05) is 6.07 Å². The lowest BCUT2D eigenvalue weighted by molar-refractivity contribution is -0.134. The standard InChI is InChI=1S/C19H19FN2O3/c1-21-17(23)19(8-9-19)18(24)22-15-6-2-4-13(10-15)12-25-16-7-3-5-14(20)11-16/h2-7,10-11H,8-9,12H2,1H3,(H,21,23)(H,22,24). The molecule has 5 nitrogen and oxygen atoms in total. The predicted molar refractivity (Wildman–Crippen MR) is 91.5 cm³/mol. The zero-order valence-corrected chi connectivity index (χ0v) is 13.8. The van der Waals surface area contributed by atoms with Gasteiger partial charge in [-0.25, -0.2) is 4.39 Å². The van der Waals surface area contributed by atoms with Gasteiger partial charge in [0.2, 0.25) is 11.8 Å². The number of nitrogens with one attached hydrogen (secondary N) is 2. The molecule has 2 aromatic carbocycles. The molecule has 0 saturated heterocycles. The van der Waals surface area contributed by atoms with Crippen LogP contribution in [0.4, 0.5) is 10.1 Å². The minimum Gasteiger partial charge on any atom is -0.489 e. The first-order valence-electron chi connectivity index (χ1n) is 8.04. The molecule has 6 heteroatoms. The van der Waals surface area contributed by atoms with Crippen molar-refractivity contribution in [2.24, 2.45) is 5.41 Å². The SMILES string of the molecule is CNC(=O)C1(C(=O)Nc2cccc(COc3cccc(F)c3)c2)CC1. The smallest absolute Gasteiger partial charge is 0.240 e. The number of rotatable bonds is 6. The zero-order chi connectivity index (χ0) is 17.9. The molecule has 0 spiro atoms. The molecule has 130 valence electrons. The van der Waals surface area contributed by atoms with Crippen molar-refractivity contribution in [2.75, 3.05) is 12.4 Å². The minimum absolute atomic E-state index is 0.244. The van der Waals surface area contributed by atoms with Crippen LogP contribution >= 0.6 is 0 Å². The Morgan fingerprint density at radius 1 is 1.12 bits per heavy atom. The van der Waals surface area contributed by atoms with E-state index in [1.54, 1.807) is 30.3 Å². The fourth-order valence-electron chi connectivity index (χ4n) is 2.63. The van der Waals surface area contributed by atoms with Crippen molar-refractivity contribution in [2.45, 2.75) is 19.4 Å². The monoisotopic (exact) mass is 342 g/mol. The van der Waals surface area contributed by atoms with E-state index < -0.39 is 5.41 Å². The fraction of sp³-hybridized carbons (Fsp3) is 0.263. The maximum absolute atomic E-state index is 13.2. The van der Waals surface area contributed by atoms with Gasteiger partial charge in [0.05, 0.1) is 0 Å². The van der Waals surface area contributed by atoms with Gasteiger partial charge in [0.1, 0.15) is 23.6 Å². The van der Waals surface area contributed by atoms with E-state index in [4.69, 9.17) is 4.74 Å². The number of carbonyl (C=O) groups is 2. The summed E-state index contributed by atoms with van der Waals surface area (Å²) >= 11 is 0. The van der Waals surface area contributed by atoms with Crippen LogP contribution in [0.3, 0.4) is 0 Å². The Labute approximate surface area is 145 Å². The van der Waals surface area contributed by atoms with Crippen LogP contribution in [0.1, 0.15) is 18.4 Å². The molecule has 0 aromatic heterocycles. The Balaban J connectivity index is 1.64. The van der Waals surface area contributed by atoms with Gasteiger partial charge in [-0.3, -0.25) is 9.59 Å². The minimum atomic E-state index is -0.942. The third-order valence-corrected chi connectivity index (χ3v) is 4.23. The van der Waals surface area contributed by atoms with Gasteiger partial charge in [-0.2, -0.15) is 0 Å². The van der Waals surface area contributed by atoms with Crippen LogP contribution < -0.4 is 15.4 Å². The molecule has 0 heterocycles. The quantitative estimate of drug-likeness (QED) is 0.793. The number of hydrogen-bond donors (Lipinski definition) is 2. The summed E-state index contributed by atoms with van der Waals surface area (Å²) in [7, 11) is 1.53. The molecule has 0 atom stereocenters. The van der Waals surface area contributed by atoms with Gasteiger partial charge in [-0.05, 0) is 42.7 Å². The number of carbonyl (C=O) groups excluding carboxylic acids is 2. The van der Waals surface area contributed by atoms with Gasteiger partial charge in [0.25, 0.3) is 0 Å². The second-order valence-electron chi connectivity index (χ2n) is 6.06. The van der Waals surface area contributed by atoms with Gasteiger partial charge >= 0.3 is 0 Å². The molecule has 1 aliphatic rings. The molecule has 2 N–H and O–H groups in total. The molecule has 25 heavy (non-hydrogen) atoms. The summed E-state index contributed by atoms with van der Waals surface area (Å²) in [5.74, 6) is -0.473. The molecule has 1 aliphatic carbocycles. The molecule has 3 rings (SSSR count). The van der Waals surface area contributed by atoms with Crippen LogP contribution in [0.25, 0.3) is 0 Å². The highest BCUT2D eigenvalue weighted by molar-refractivity contribution is 6.12. The molecule has 0 bridgehead atoms. The highest BCUT2D eigenvalue weighted by atomic mass is 19.1. The van der Waals surface area contributed by atoms with Gasteiger partial charge < -0.3 is 15.4 Å².